The third-order valence-corrected chi connectivity index (χ3v) is 3.28. The van der Waals surface area contributed by atoms with Crippen LogP contribution in [0.5, 0.6) is 0 Å². The van der Waals surface area contributed by atoms with Gasteiger partial charge in [0.1, 0.15) is 5.69 Å². The van der Waals surface area contributed by atoms with Gasteiger partial charge in [0.05, 0.1) is 15.6 Å². The summed E-state index contributed by atoms with van der Waals surface area (Å²) in [6.07, 6.45) is -2.65. The summed E-state index contributed by atoms with van der Waals surface area (Å²) in [5.41, 5.74) is 0.553. The van der Waals surface area contributed by atoms with Gasteiger partial charge in [-0.25, -0.2) is 13.8 Å². The second-order valence-corrected chi connectivity index (χ2v) is 4.47. The molecule has 2 nitrogen and oxygen atoms in total. The fraction of sp³-hybridized carbons (Fsp3) is 0.250. The number of hydrogen-bond donors (Lipinski definition) is 1. The molecule has 0 amide bonds. The van der Waals surface area contributed by atoms with Crippen molar-refractivity contribution in [3.63, 3.8) is 0 Å². The maximum Gasteiger partial charge on any atom is 0.280 e. The zero-order chi connectivity index (χ0) is 13.3. The minimum Gasteiger partial charge on any atom is -0.385 e. The molecule has 0 aliphatic carbocycles. The Morgan fingerprint density at radius 1 is 1.33 bits per heavy atom. The number of aromatic nitrogens is 1. The lowest BCUT2D eigenvalue weighted by atomic mass is 10.1. The van der Waals surface area contributed by atoms with Crippen molar-refractivity contribution >= 4 is 39.8 Å². The number of benzene rings is 1. The first-order chi connectivity index (χ1) is 8.54. The zero-order valence-corrected chi connectivity index (χ0v) is 11.0. The third-order valence-electron chi connectivity index (χ3n) is 2.48. The average Bonchev–Trinajstić information content (AvgIpc) is 2.34. The summed E-state index contributed by atoms with van der Waals surface area (Å²) in [5, 5.41) is 4.18. The molecule has 0 atom stereocenters. The van der Waals surface area contributed by atoms with E-state index in [4.69, 9.17) is 23.2 Å². The lowest BCUT2D eigenvalue weighted by Crippen LogP contribution is -2.01. The summed E-state index contributed by atoms with van der Waals surface area (Å²) in [4.78, 5) is 3.87. The van der Waals surface area contributed by atoms with Gasteiger partial charge in [0.15, 0.2) is 0 Å². The van der Waals surface area contributed by atoms with E-state index in [1.165, 1.54) is 6.07 Å². The van der Waals surface area contributed by atoms with Gasteiger partial charge in [0.2, 0.25) is 0 Å². The first-order valence-corrected chi connectivity index (χ1v) is 6.10. The van der Waals surface area contributed by atoms with Gasteiger partial charge >= 0.3 is 0 Å². The predicted molar refractivity (Wildman–Crippen MR) is 70.9 cm³/mol. The predicted octanol–water partition coefficient (Wildman–Crippen LogP) is 4.91. The van der Waals surface area contributed by atoms with Gasteiger partial charge in [-0.1, -0.05) is 23.2 Å². The highest BCUT2D eigenvalue weighted by molar-refractivity contribution is 6.45. The maximum absolute atomic E-state index is 12.8. The summed E-state index contributed by atoms with van der Waals surface area (Å²) in [6, 6.07) is 4.67. The van der Waals surface area contributed by atoms with Crippen LogP contribution < -0.4 is 5.32 Å². The van der Waals surface area contributed by atoms with Crippen molar-refractivity contribution in [2.45, 2.75) is 13.3 Å². The van der Waals surface area contributed by atoms with E-state index in [1.807, 2.05) is 6.92 Å². The van der Waals surface area contributed by atoms with Gasteiger partial charge in [-0.05, 0) is 25.1 Å². The monoisotopic (exact) mass is 290 g/mol. The summed E-state index contributed by atoms with van der Waals surface area (Å²) < 4.78 is 25.6. The number of fused-ring (bicyclic) bond motifs is 1. The lowest BCUT2D eigenvalue weighted by molar-refractivity contribution is 0.146. The highest BCUT2D eigenvalue weighted by Gasteiger charge is 2.15. The molecule has 1 aromatic carbocycles. The fourth-order valence-electron chi connectivity index (χ4n) is 1.70. The Morgan fingerprint density at radius 2 is 2.06 bits per heavy atom. The van der Waals surface area contributed by atoms with E-state index in [0.29, 0.717) is 22.6 Å². The van der Waals surface area contributed by atoms with Gasteiger partial charge in [0.25, 0.3) is 6.43 Å². The Hall–Kier alpha value is -1.13. The molecule has 0 unspecified atom stereocenters. The molecular formula is C12H10Cl2F2N2. The number of hydrogen-bond acceptors (Lipinski definition) is 2. The normalized spacial score (nSPS) is 11.2. The van der Waals surface area contributed by atoms with Crippen LogP contribution >= 0.6 is 23.2 Å². The van der Waals surface area contributed by atoms with Gasteiger partial charge < -0.3 is 5.32 Å². The number of halogens is 4. The Morgan fingerprint density at radius 3 is 2.67 bits per heavy atom. The van der Waals surface area contributed by atoms with Crippen molar-refractivity contribution in [1.82, 2.24) is 4.98 Å². The Bertz CT molecular complexity index is 588. The Kier molecular flexibility index (Phi) is 3.88. The smallest absolute Gasteiger partial charge is 0.280 e. The molecule has 0 spiro atoms. The molecular weight excluding hydrogens is 281 g/mol. The number of nitrogens with zero attached hydrogens (tertiary/aromatic N) is 1. The number of nitrogens with one attached hydrogen (secondary N) is 1. The molecule has 0 aliphatic heterocycles. The summed E-state index contributed by atoms with van der Waals surface area (Å²) in [7, 11) is 0. The van der Waals surface area contributed by atoms with Crippen LogP contribution in [0.1, 0.15) is 19.0 Å². The molecule has 96 valence electrons. The van der Waals surface area contributed by atoms with Crippen molar-refractivity contribution in [2.24, 2.45) is 0 Å². The molecule has 0 bridgehead atoms. The molecule has 0 aliphatic rings. The number of rotatable bonds is 3. The van der Waals surface area contributed by atoms with Crippen LogP contribution in [0.3, 0.4) is 0 Å². The van der Waals surface area contributed by atoms with E-state index in [0.717, 1.165) is 0 Å². The minimum atomic E-state index is -2.65. The SMILES string of the molecule is CCNc1cc(C(F)F)nc2c(Cl)c(Cl)ccc12. The molecule has 0 saturated heterocycles. The Labute approximate surface area is 113 Å². The second kappa shape index (κ2) is 5.24. The summed E-state index contributed by atoms with van der Waals surface area (Å²) in [6.45, 7) is 2.49. The van der Waals surface area contributed by atoms with Crippen LogP contribution in [-0.2, 0) is 0 Å². The standard InChI is InChI=1S/C12H10Cl2F2N2/c1-2-17-8-5-9(12(15)16)18-11-6(8)3-4-7(13)10(11)14/h3-5,12H,2H2,1H3,(H,17,18). The van der Waals surface area contributed by atoms with Crippen LogP contribution in [0.4, 0.5) is 14.5 Å². The van der Waals surface area contributed by atoms with Gasteiger partial charge in [-0.15, -0.1) is 0 Å². The average molecular weight is 291 g/mol. The third kappa shape index (κ3) is 2.35. The van der Waals surface area contributed by atoms with Crippen LogP contribution in [0, 0.1) is 0 Å². The van der Waals surface area contributed by atoms with E-state index in [2.05, 4.69) is 10.3 Å². The van der Waals surface area contributed by atoms with E-state index in [-0.39, 0.29) is 16.2 Å². The van der Waals surface area contributed by atoms with Crippen molar-refractivity contribution in [1.29, 1.82) is 0 Å². The summed E-state index contributed by atoms with van der Waals surface area (Å²) in [5.74, 6) is 0. The van der Waals surface area contributed by atoms with Crippen molar-refractivity contribution < 1.29 is 8.78 Å². The van der Waals surface area contributed by atoms with E-state index < -0.39 is 6.43 Å². The molecule has 1 heterocycles. The molecule has 1 aromatic heterocycles. The molecule has 2 rings (SSSR count). The van der Waals surface area contributed by atoms with Crippen LogP contribution in [0.2, 0.25) is 10.0 Å². The molecule has 18 heavy (non-hydrogen) atoms. The first kappa shape index (κ1) is 13.3. The van der Waals surface area contributed by atoms with E-state index in [9.17, 15) is 8.78 Å². The van der Waals surface area contributed by atoms with Gasteiger partial charge in [0, 0.05) is 17.6 Å². The van der Waals surface area contributed by atoms with Crippen molar-refractivity contribution in [2.75, 3.05) is 11.9 Å². The number of anilines is 1. The number of alkyl halides is 2. The quantitative estimate of drug-likeness (QED) is 0.869. The van der Waals surface area contributed by atoms with Gasteiger partial charge in [-0.3, -0.25) is 0 Å². The Balaban J connectivity index is 2.77. The topological polar surface area (TPSA) is 24.9 Å². The van der Waals surface area contributed by atoms with Crippen LogP contribution in [0.25, 0.3) is 10.9 Å². The van der Waals surface area contributed by atoms with Crippen LogP contribution in [0.15, 0.2) is 18.2 Å². The molecule has 0 radical (unpaired) electrons. The van der Waals surface area contributed by atoms with E-state index in [1.54, 1.807) is 12.1 Å². The first-order valence-electron chi connectivity index (χ1n) is 5.35. The number of pyridine rings is 1. The molecule has 6 heteroatoms. The van der Waals surface area contributed by atoms with Crippen molar-refractivity contribution in [3.8, 4) is 0 Å². The molecule has 2 aromatic rings. The highest BCUT2D eigenvalue weighted by Crippen LogP contribution is 2.35. The van der Waals surface area contributed by atoms with E-state index >= 15 is 0 Å². The largest absolute Gasteiger partial charge is 0.385 e. The summed E-state index contributed by atoms with van der Waals surface area (Å²) >= 11 is 11.9. The fourth-order valence-corrected chi connectivity index (χ4v) is 2.06. The molecule has 0 fully saturated rings. The van der Waals surface area contributed by atoms with Gasteiger partial charge in [-0.2, -0.15) is 0 Å². The highest BCUT2D eigenvalue weighted by atomic mass is 35.5. The second-order valence-electron chi connectivity index (χ2n) is 3.68. The zero-order valence-electron chi connectivity index (χ0n) is 9.48. The van der Waals surface area contributed by atoms with Crippen molar-refractivity contribution in [3.05, 3.63) is 33.9 Å². The van der Waals surface area contributed by atoms with Crippen LogP contribution in [-0.4, -0.2) is 11.5 Å². The minimum absolute atomic E-state index is 0.191. The molecule has 0 saturated carbocycles. The maximum atomic E-state index is 12.8. The molecule has 1 N–H and O–H groups in total. The lowest BCUT2D eigenvalue weighted by Gasteiger charge is -2.11.